The molecule has 0 aliphatic carbocycles. The van der Waals surface area contributed by atoms with E-state index in [2.05, 4.69) is 5.32 Å². The summed E-state index contributed by atoms with van der Waals surface area (Å²) >= 11 is 5.97. The largest absolute Gasteiger partial charge is 0.496 e. The van der Waals surface area contributed by atoms with Crippen LogP contribution in [0.2, 0.25) is 5.02 Å². The van der Waals surface area contributed by atoms with Crippen molar-refractivity contribution in [1.82, 2.24) is 10.2 Å². The van der Waals surface area contributed by atoms with Gasteiger partial charge in [-0.3, -0.25) is 9.59 Å². The summed E-state index contributed by atoms with van der Waals surface area (Å²) in [7, 11) is 1.46. The third kappa shape index (κ3) is 5.20. The number of hydrogen-bond donors (Lipinski definition) is 1. The number of likely N-dealkylation sites (N-methyl/N-ethyl adjacent to an activating group) is 1. The molecule has 5 nitrogen and oxygen atoms in total. The van der Waals surface area contributed by atoms with Gasteiger partial charge in [0.25, 0.3) is 5.91 Å². The Bertz CT molecular complexity index is 781. The van der Waals surface area contributed by atoms with E-state index < -0.39 is 0 Å². The van der Waals surface area contributed by atoms with Crippen molar-refractivity contribution >= 4 is 23.4 Å². The monoisotopic (exact) mass is 378 g/mol. The van der Waals surface area contributed by atoms with Crippen LogP contribution >= 0.6 is 11.6 Å². The molecule has 0 radical (unpaired) electrons. The lowest BCUT2D eigenvalue weighted by atomic mass is 10.1. The molecule has 26 heavy (non-hydrogen) atoms. The molecule has 2 rings (SSSR count). The number of carbonyl (C=O) groups is 2. The lowest BCUT2D eigenvalue weighted by Crippen LogP contribution is -2.40. The fourth-order valence-corrected chi connectivity index (χ4v) is 2.55. The van der Waals surface area contributed by atoms with Gasteiger partial charge in [0.05, 0.1) is 19.2 Å². The average Bonchev–Trinajstić information content (AvgIpc) is 2.65. The molecule has 0 fully saturated rings. The smallest absolute Gasteiger partial charge is 0.258 e. The standard InChI is InChI=1S/C19H20ClFN2O3/c1-3-23(19(25)16-10-14(20)6-9-17(16)26-2)12-18(24)22-11-13-4-7-15(21)8-5-13/h4-10H,3,11-12H2,1-2H3,(H,22,24). The zero-order chi connectivity index (χ0) is 19.1. The third-order valence-corrected chi connectivity index (χ3v) is 4.03. The molecular formula is C19H20ClFN2O3. The molecule has 0 aliphatic heterocycles. The summed E-state index contributed by atoms with van der Waals surface area (Å²) in [5.74, 6) is -0.600. The van der Waals surface area contributed by atoms with Crippen molar-refractivity contribution in [1.29, 1.82) is 0 Å². The molecule has 0 aromatic heterocycles. The second-order valence-electron chi connectivity index (χ2n) is 5.57. The summed E-state index contributed by atoms with van der Waals surface area (Å²) < 4.78 is 18.1. The second kappa shape index (κ2) is 9.20. The van der Waals surface area contributed by atoms with Crippen LogP contribution in [0.1, 0.15) is 22.8 Å². The highest BCUT2D eigenvalue weighted by Crippen LogP contribution is 2.24. The van der Waals surface area contributed by atoms with Crippen LogP contribution in [0.5, 0.6) is 5.75 Å². The first-order valence-corrected chi connectivity index (χ1v) is 8.46. The van der Waals surface area contributed by atoms with Crippen LogP contribution in [0.4, 0.5) is 4.39 Å². The summed E-state index contributed by atoms with van der Waals surface area (Å²) in [4.78, 5) is 26.3. The molecule has 0 atom stereocenters. The number of benzene rings is 2. The van der Waals surface area contributed by atoms with Crippen LogP contribution in [0.15, 0.2) is 42.5 Å². The molecule has 0 bridgehead atoms. The molecule has 0 spiro atoms. The van der Waals surface area contributed by atoms with E-state index in [4.69, 9.17) is 16.3 Å². The van der Waals surface area contributed by atoms with Gasteiger partial charge in [0, 0.05) is 18.1 Å². The lowest BCUT2D eigenvalue weighted by molar-refractivity contribution is -0.121. The number of rotatable bonds is 7. The normalized spacial score (nSPS) is 10.3. The van der Waals surface area contributed by atoms with Gasteiger partial charge in [-0.25, -0.2) is 4.39 Å². The zero-order valence-corrected chi connectivity index (χ0v) is 15.3. The number of carbonyl (C=O) groups excluding carboxylic acids is 2. The molecule has 2 aromatic rings. The van der Waals surface area contributed by atoms with Gasteiger partial charge in [-0.15, -0.1) is 0 Å². The SMILES string of the molecule is CCN(CC(=O)NCc1ccc(F)cc1)C(=O)c1cc(Cl)ccc1OC. The molecule has 0 aliphatic rings. The molecular weight excluding hydrogens is 359 g/mol. The molecule has 2 aromatic carbocycles. The third-order valence-electron chi connectivity index (χ3n) is 3.80. The molecule has 0 saturated carbocycles. The highest BCUT2D eigenvalue weighted by atomic mass is 35.5. The molecule has 0 saturated heterocycles. The van der Waals surface area contributed by atoms with Crippen molar-refractivity contribution in [3.8, 4) is 5.75 Å². The Balaban J connectivity index is 2.01. The van der Waals surface area contributed by atoms with Crippen LogP contribution in [-0.4, -0.2) is 36.9 Å². The van der Waals surface area contributed by atoms with Gasteiger partial charge in [0.1, 0.15) is 11.6 Å². The van der Waals surface area contributed by atoms with E-state index in [-0.39, 0.29) is 30.7 Å². The van der Waals surface area contributed by atoms with Crippen molar-refractivity contribution in [2.75, 3.05) is 20.2 Å². The summed E-state index contributed by atoms with van der Waals surface area (Å²) in [5, 5.41) is 3.13. The fraction of sp³-hybridized carbons (Fsp3) is 0.263. The maximum absolute atomic E-state index is 12.9. The maximum Gasteiger partial charge on any atom is 0.258 e. The number of nitrogens with one attached hydrogen (secondary N) is 1. The van der Waals surface area contributed by atoms with Crippen LogP contribution in [0.25, 0.3) is 0 Å². The summed E-state index contributed by atoms with van der Waals surface area (Å²) in [6, 6.07) is 10.6. The van der Waals surface area contributed by atoms with E-state index >= 15 is 0 Å². The number of hydrogen-bond acceptors (Lipinski definition) is 3. The molecule has 138 valence electrons. The van der Waals surface area contributed by atoms with E-state index in [9.17, 15) is 14.0 Å². The first-order valence-electron chi connectivity index (χ1n) is 8.08. The van der Waals surface area contributed by atoms with Gasteiger partial charge >= 0.3 is 0 Å². The van der Waals surface area contributed by atoms with Crippen molar-refractivity contribution < 1.29 is 18.7 Å². The Morgan fingerprint density at radius 1 is 1.19 bits per heavy atom. The van der Waals surface area contributed by atoms with E-state index in [1.54, 1.807) is 31.2 Å². The molecule has 1 N–H and O–H groups in total. The zero-order valence-electron chi connectivity index (χ0n) is 14.6. The quantitative estimate of drug-likeness (QED) is 0.804. The Hall–Kier alpha value is -2.60. The minimum Gasteiger partial charge on any atom is -0.496 e. The number of ether oxygens (including phenoxy) is 1. The van der Waals surface area contributed by atoms with Crippen molar-refractivity contribution in [2.24, 2.45) is 0 Å². The highest BCUT2D eigenvalue weighted by Gasteiger charge is 2.21. The van der Waals surface area contributed by atoms with E-state index in [1.165, 1.54) is 30.2 Å². The Labute approximate surface area is 156 Å². The topological polar surface area (TPSA) is 58.6 Å². The van der Waals surface area contributed by atoms with Gasteiger partial charge in [-0.2, -0.15) is 0 Å². The van der Waals surface area contributed by atoms with Crippen LogP contribution < -0.4 is 10.1 Å². The highest BCUT2D eigenvalue weighted by molar-refractivity contribution is 6.31. The molecule has 0 unspecified atom stereocenters. The van der Waals surface area contributed by atoms with E-state index in [0.29, 0.717) is 22.9 Å². The van der Waals surface area contributed by atoms with Gasteiger partial charge in [0.15, 0.2) is 0 Å². The summed E-state index contributed by atoms with van der Waals surface area (Å²) in [6.07, 6.45) is 0. The Kier molecular flexibility index (Phi) is 6.97. The predicted octanol–water partition coefficient (Wildman–Crippen LogP) is 3.27. The number of halogens is 2. The minimum absolute atomic E-state index is 0.105. The Morgan fingerprint density at radius 3 is 2.50 bits per heavy atom. The number of amides is 2. The van der Waals surface area contributed by atoms with Gasteiger partial charge in [-0.05, 0) is 42.8 Å². The van der Waals surface area contributed by atoms with Crippen LogP contribution in [0, 0.1) is 5.82 Å². The van der Waals surface area contributed by atoms with Crippen LogP contribution in [-0.2, 0) is 11.3 Å². The average molecular weight is 379 g/mol. The van der Waals surface area contributed by atoms with Gasteiger partial charge in [0.2, 0.25) is 5.91 Å². The van der Waals surface area contributed by atoms with E-state index in [0.717, 1.165) is 5.56 Å². The fourth-order valence-electron chi connectivity index (χ4n) is 2.38. The molecule has 7 heteroatoms. The number of nitrogens with zero attached hydrogens (tertiary/aromatic N) is 1. The second-order valence-corrected chi connectivity index (χ2v) is 6.00. The first kappa shape index (κ1) is 19.7. The molecule has 0 heterocycles. The maximum atomic E-state index is 12.9. The summed E-state index contributed by atoms with van der Waals surface area (Å²) in [6.45, 7) is 2.28. The first-order chi connectivity index (χ1) is 12.4. The van der Waals surface area contributed by atoms with Gasteiger partial charge < -0.3 is 15.0 Å². The number of methoxy groups -OCH3 is 1. The van der Waals surface area contributed by atoms with Crippen molar-refractivity contribution in [2.45, 2.75) is 13.5 Å². The lowest BCUT2D eigenvalue weighted by Gasteiger charge is -2.21. The predicted molar refractivity (Wildman–Crippen MR) is 97.8 cm³/mol. The summed E-state index contributed by atoms with van der Waals surface area (Å²) in [5.41, 5.74) is 1.07. The minimum atomic E-state index is -0.344. The van der Waals surface area contributed by atoms with Crippen molar-refractivity contribution in [3.63, 3.8) is 0 Å². The van der Waals surface area contributed by atoms with Gasteiger partial charge in [-0.1, -0.05) is 23.7 Å². The Morgan fingerprint density at radius 2 is 1.88 bits per heavy atom. The van der Waals surface area contributed by atoms with E-state index in [1.807, 2.05) is 0 Å². The van der Waals surface area contributed by atoms with Crippen molar-refractivity contribution in [3.05, 3.63) is 64.4 Å². The molecule has 2 amide bonds. The van der Waals surface area contributed by atoms with Crippen LogP contribution in [0.3, 0.4) is 0 Å².